The molecule has 0 aromatic carbocycles. The number of ether oxygens (including phenoxy) is 1. The molecule has 0 fully saturated rings. The smallest absolute Gasteiger partial charge is 0.355 e. The lowest BCUT2D eigenvalue weighted by molar-refractivity contribution is 0.0452. The van der Waals surface area contributed by atoms with Gasteiger partial charge < -0.3 is 9.72 Å². The molecule has 0 saturated carbocycles. The van der Waals surface area contributed by atoms with Crippen molar-refractivity contribution in [2.45, 2.75) is 34.6 Å². The standard InChI is InChI=1S/C13H19NO3/c1-7(2)6-17-13(16)12-8(3)11(10(5)15)9(4)14-12/h7,14H,6H2,1-5H3. The quantitative estimate of drug-likeness (QED) is 0.647. The molecule has 0 aliphatic carbocycles. The summed E-state index contributed by atoms with van der Waals surface area (Å²) >= 11 is 0. The fourth-order valence-electron chi connectivity index (χ4n) is 1.80. The summed E-state index contributed by atoms with van der Waals surface area (Å²) in [4.78, 5) is 26.1. The summed E-state index contributed by atoms with van der Waals surface area (Å²) in [6.45, 7) is 9.36. The van der Waals surface area contributed by atoms with E-state index in [4.69, 9.17) is 4.74 Å². The number of hydrogen-bond acceptors (Lipinski definition) is 3. The Kier molecular flexibility index (Phi) is 4.10. The molecule has 0 bridgehead atoms. The lowest BCUT2D eigenvalue weighted by Gasteiger charge is -2.06. The van der Waals surface area contributed by atoms with Crippen molar-refractivity contribution in [3.63, 3.8) is 0 Å². The second kappa shape index (κ2) is 5.17. The van der Waals surface area contributed by atoms with Gasteiger partial charge in [-0.15, -0.1) is 0 Å². The second-order valence-corrected chi connectivity index (χ2v) is 4.67. The highest BCUT2D eigenvalue weighted by Crippen LogP contribution is 2.19. The number of aryl methyl sites for hydroxylation is 1. The van der Waals surface area contributed by atoms with Crippen molar-refractivity contribution in [2.75, 3.05) is 6.61 Å². The van der Waals surface area contributed by atoms with E-state index in [1.54, 1.807) is 13.8 Å². The summed E-state index contributed by atoms with van der Waals surface area (Å²) < 4.78 is 5.14. The summed E-state index contributed by atoms with van der Waals surface area (Å²) in [7, 11) is 0. The molecule has 0 saturated heterocycles. The first-order chi connectivity index (χ1) is 7.84. The van der Waals surface area contributed by atoms with Crippen molar-refractivity contribution in [1.29, 1.82) is 0 Å². The predicted molar refractivity (Wildman–Crippen MR) is 65.4 cm³/mol. The van der Waals surface area contributed by atoms with Crippen LogP contribution in [0.1, 0.15) is 52.9 Å². The van der Waals surface area contributed by atoms with Crippen LogP contribution < -0.4 is 0 Å². The third-order valence-corrected chi connectivity index (χ3v) is 2.54. The molecule has 0 amide bonds. The van der Waals surface area contributed by atoms with Gasteiger partial charge in [0, 0.05) is 11.3 Å². The van der Waals surface area contributed by atoms with E-state index in [0.717, 1.165) is 0 Å². The van der Waals surface area contributed by atoms with Crippen LogP contribution in [-0.4, -0.2) is 23.3 Å². The highest BCUT2D eigenvalue weighted by molar-refractivity contribution is 6.01. The zero-order valence-electron chi connectivity index (χ0n) is 11.0. The molecular formula is C13H19NO3. The topological polar surface area (TPSA) is 59.2 Å². The van der Waals surface area contributed by atoms with Crippen molar-refractivity contribution in [3.8, 4) is 0 Å². The van der Waals surface area contributed by atoms with Crippen molar-refractivity contribution in [2.24, 2.45) is 5.92 Å². The van der Waals surface area contributed by atoms with Gasteiger partial charge in [0.1, 0.15) is 5.69 Å². The minimum Gasteiger partial charge on any atom is -0.461 e. The first-order valence-electron chi connectivity index (χ1n) is 5.71. The monoisotopic (exact) mass is 237 g/mol. The van der Waals surface area contributed by atoms with Crippen LogP contribution in [0.3, 0.4) is 0 Å². The largest absolute Gasteiger partial charge is 0.461 e. The van der Waals surface area contributed by atoms with E-state index in [-0.39, 0.29) is 5.78 Å². The van der Waals surface area contributed by atoms with E-state index in [1.165, 1.54) is 6.92 Å². The Balaban J connectivity index is 2.96. The minimum absolute atomic E-state index is 0.0424. The molecule has 1 aromatic rings. The lowest BCUT2D eigenvalue weighted by Crippen LogP contribution is -2.11. The summed E-state index contributed by atoms with van der Waals surface area (Å²) in [5.74, 6) is -0.145. The number of nitrogens with one attached hydrogen (secondary N) is 1. The van der Waals surface area contributed by atoms with Crippen LogP contribution >= 0.6 is 0 Å². The average molecular weight is 237 g/mol. The highest BCUT2D eigenvalue weighted by atomic mass is 16.5. The van der Waals surface area contributed by atoms with Gasteiger partial charge in [0.25, 0.3) is 0 Å². The van der Waals surface area contributed by atoms with Gasteiger partial charge in [0.2, 0.25) is 0 Å². The van der Waals surface area contributed by atoms with Gasteiger partial charge in [-0.3, -0.25) is 4.79 Å². The number of esters is 1. The fraction of sp³-hybridized carbons (Fsp3) is 0.538. The average Bonchev–Trinajstić information content (AvgIpc) is 2.50. The van der Waals surface area contributed by atoms with Gasteiger partial charge in [-0.25, -0.2) is 4.79 Å². The van der Waals surface area contributed by atoms with Gasteiger partial charge in [0.05, 0.1) is 6.61 Å². The molecular weight excluding hydrogens is 218 g/mol. The van der Waals surface area contributed by atoms with Crippen LogP contribution in [0, 0.1) is 19.8 Å². The summed E-state index contributed by atoms with van der Waals surface area (Å²) in [6, 6.07) is 0. The number of hydrogen-bond donors (Lipinski definition) is 1. The van der Waals surface area contributed by atoms with Gasteiger partial charge >= 0.3 is 5.97 Å². The molecule has 1 heterocycles. The third-order valence-electron chi connectivity index (χ3n) is 2.54. The van der Waals surface area contributed by atoms with Gasteiger partial charge in [-0.05, 0) is 32.3 Å². The summed E-state index contributed by atoms with van der Waals surface area (Å²) in [6.07, 6.45) is 0. The van der Waals surface area contributed by atoms with Crippen LogP contribution in [-0.2, 0) is 4.74 Å². The zero-order valence-corrected chi connectivity index (χ0v) is 11.0. The van der Waals surface area contributed by atoms with Crippen LogP contribution in [0.2, 0.25) is 0 Å². The molecule has 4 nitrogen and oxygen atoms in total. The normalized spacial score (nSPS) is 10.7. The van der Waals surface area contributed by atoms with Crippen molar-refractivity contribution in [1.82, 2.24) is 4.98 Å². The minimum atomic E-state index is -0.396. The van der Waals surface area contributed by atoms with E-state index in [2.05, 4.69) is 4.98 Å². The first kappa shape index (κ1) is 13.5. The maximum absolute atomic E-state index is 11.8. The molecule has 0 atom stereocenters. The maximum atomic E-state index is 11.8. The van der Waals surface area contributed by atoms with Crippen molar-refractivity contribution >= 4 is 11.8 Å². The number of aromatic nitrogens is 1. The van der Waals surface area contributed by atoms with E-state index in [9.17, 15) is 9.59 Å². The number of carbonyl (C=O) groups is 2. The predicted octanol–water partition coefficient (Wildman–Crippen LogP) is 2.65. The number of aromatic amines is 1. The molecule has 0 radical (unpaired) electrons. The molecule has 94 valence electrons. The zero-order chi connectivity index (χ0) is 13.2. The molecule has 0 unspecified atom stereocenters. The van der Waals surface area contributed by atoms with E-state index in [0.29, 0.717) is 35.0 Å². The third kappa shape index (κ3) is 2.96. The molecule has 1 N–H and O–H groups in total. The van der Waals surface area contributed by atoms with Gasteiger partial charge in [-0.2, -0.15) is 0 Å². The number of Topliss-reactive ketones (excluding diaryl/α,β-unsaturated/α-hetero) is 1. The molecule has 1 aromatic heterocycles. The van der Waals surface area contributed by atoms with E-state index >= 15 is 0 Å². The summed E-state index contributed by atoms with van der Waals surface area (Å²) in [5.41, 5.74) is 2.35. The fourth-order valence-corrected chi connectivity index (χ4v) is 1.80. The van der Waals surface area contributed by atoms with E-state index < -0.39 is 5.97 Å². The summed E-state index contributed by atoms with van der Waals surface area (Å²) in [5, 5.41) is 0. The Morgan fingerprint density at radius 2 is 1.88 bits per heavy atom. The number of carbonyl (C=O) groups excluding carboxylic acids is 2. The van der Waals surface area contributed by atoms with Crippen LogP contribution in [0.5, 0.6) is 0 Å². The molecule has 0 aliphatic heterocycles. The Morgan fingerprint density at radius 1 is 1.29 bits per heavy atom. The Labute approximate surface area is 101 Å². The number of rotatable bonds is 4. The second-order valence-electron chi connectivity index (χ2n) is 4.67. The Morgan fingerprint density at radius 3 is 2.29 bits per heavy atom. The SMILES string of the molecule is CC(=O)c1c(C)[nH]c(C(=O)OCC(C)C)c1C. The molecule has 17 heavy (non-hydrogen) atoms. The van der Waals surface area contributed by atoms with Crippen molar-refractivity contribution < 1.29 is 14.3 Å². The van der Waals surface area contributed by atoms with E-state index in [1.807, 2.05) is 13.8 Å². The van der Waals surface area contributed by atoms with Crippen LogP contribution in [0.25, 0.3) is 0 Å². The Bertz CT molecular complexity index is 444. The first-order valence-corrected chi connectivity index (χ1v) is 5.71. The molecule has 4 heteroatoms. The highest BCUT2D eigenvalue weighted by Gasteiger charge is 2.20. The number of ketones is 1. The van der Waals surface area contributed by atoms with Gasteiger partial charge in [0.15, 0.2) is 5.78 Å². The van der Waals surface area contributed by atoms with Crippen LogP contribution in [0.15, 0.2) is 0 Å². The van der Waals surface area contributed by atoms with Crippen molar-refractivity contribution in [3.05, 3.63) is 22.5 Å². The molecule has 1 rings (SSSR count). The maximum Gasteiger partial charge on any atom is 0.355 e. The van der Waals surface area contributed by atoms with Gasteiger partial charge in [-0.1, -0.05) is 13.8 Å². The lowest BCUT2D eigenvalue weighted by atomic mass is 10.1. The molecule has 0 spiro atoms. The van der Waals surface area contributed by atoms with Crippen LogP contribution in [0.4, 0.5) is 0 Å². The Hall–Kier alpha value is -1.58. The number of H-pyrrole nitrogens is 1. The molecule has 0 aliphatic rings.